The van der Waals surface area contributed by atoms with Crippen LogP contribution in [0.3, 0.4) is 0 Å². The van der Waals surface area contributed by atoms with E-state index in [1.54, 1.807) is 0 Å². The van der Waals surface area contributed by atoms with Crippen molar-refractivity contribution in [2.75, 3.05) is 6.54 Å². The zero-order chi connectivity index (χ0) is 14.4. The highest BCUT2D eigenvalue weighted by Gasteiger charge is 2.35. The van der Waals surface area contributed by atoms with Crippen molar-refractivity contribution in [3.05, 3.63) is 0 Å². The normalized spacial score (nSPS) is 25.1. The molecule has 3 unspecified atom stereocenters. The third kappa shape index (κ3) is 5.19. The summed E-state index contributed by atoms with van der Waals surface area (Å²) in [6.45, 7) is 4.22. The van der Waals surface area contributed by atoms with Crippen molar-refractivity contribution in [1.82, 2.24) is 5.32 Å². The lowest BCUT2D eigenvalue weighted by molar-refractivity contribution is -0.149. The van der Waals surface area contributed by atoms with Gasteiger partial charge in [0.25, 0.3) is 0 Å². The molecule has 0 aromatic heterocycles. The molecule has 110 valence electrons. The van der Waals surface area contributed by atoms with E-state index in [0.29, 0.717) is 25.2 Å². The molecule has 5 heteroatoms. The minimum Gasteiger partial charge on any atom is -0.481 e. The van der Waals surface area contributed by atoms with Gasteiger partial charge in [0.05, 0.1) is 17.9 Å². The van der Waals surface area contributed by atoms with Crippen molar-refractivity contribution in [2.24, 2.45) is 17.8 Å². The zero-order valence-electron chi connectivity index (χ0n) is 11.8. The van der Waals surface area contributed by atoms with Crippen LogP contribution in [0.2, 0.25) is 0 Å². The summed E-state index contributed by atoms with van der Waals surface area (Å²) in [7, 11) is 0. The predicted octanol–water partition coefficient (Wildman–Crippen LogP) is 1.40. The molecule has 1 fully saturated rings. The smallest absolute Gasteiger partial charge is 0.307 e. The number of nitrogens with one attached hydrogen (secondary N) is 1. The molecule has 0 saturated heterocycles. The molecule has 0 aliphatic heterocycles. The Bertz CT molecular complexity index is 317. The summed E-state index contributed by atoms with van der Waals surface area (Å²) in [5.41, 5.74) is 0. The number of carbonyl (C=O) groups is 2. The van der Waals surface area contributed by atoms with Gasteiger partial charge in [0.2, 0.25) is 5.91 Å². The predicted molar refractivity (Wildman–Crippen MR) is 71.6 cm³/mol. The lowest BCUT2D eigenvalue weighted by Gasteiger charge is -2.27. The molecular weight excluding hydrogens is 246 g/mol. The fourth-order valence-electron chi connectivity index (χ4n) is 2.72. The Hall–Kier alpha value is -1.10. The van der Waals surface area contributed by atoms with Crippen LogP contribution in [-0.4, -0.2) is 34.7 Å². The Morgan fingerprint density at radius 3 is 2.32 bits per heavy atom. The first-order valence-corrected chi connectivity index (χ1v) is 7.10. The summed E-state index contributed by atoms with van der Waals surface area (Å²) >= 11 is 0. The van der Waals surface area contributed by atoms with Crippen molar-refractivity contribution in [1.29, 1.82) is 0 Å². The molecule has 1 amide bonds. The maximum absolute atomic E-state index is 12.0. The highest BCUT2D eigenvalue weighted by atomic mass is 16.4. The zero-order valence-corrected chi connectivity index (χ0v) is 11.8. The van der Waals surface area contributed by atoms with E-state index in [2.05, 4.69) is 5.32 Å². The third-order valence-electron chi connectivity index (χ3n) is 3.68. The molecule has 0 radical (unpaired) electrons. The van der Waals surface area contributed by atoms with Crippen molar-refractivity contribution < 1.29 is 19.8 Å². The lowest BCUT2D eigenvalue weighted by Crippen LogP contribution is -2.42. The van der Waals surface area contributed by atoms with Gasteiger partial charge < -0.3 is 15.5 Å². The van der Waals surface area contributed by atoms with Gasteiger partial charge in [-0.2, -0.15) is 0 Å². The number of hydrogen-bond donors (Lipinski definition) is 3. The number of rotatable bonds is 6. The Morgan fingerprint density at radius 1 is 1.21 bits per heavy atom. The largest absolute Gasteiger partial charge is 0.481 e. The highest BCUT2D eigenvalue weighted by Crippen LogP contribution is 2.30. The van der Waals surface area contributed by atoms with Crippen LogP contribution in [0.1, 0.15) is 46.0 Å². The molecule has 1 rings (SSSR count). The van der Waals surface area contributed by atoms with Gasteiger partial charge in [-0.25, -0.2) is 0 Å². The van der Waals surface area contributed by atoms with Crippen LogP contribution in [0.4, 0.5) is 0 Å². The molecule has 0 aromatic carbocycles. The lowest BCUT2D eigenvalue weighted by atomic mass is 9.78. The van der Waals surface area contributed by atoms with Gasteiger partial charge in [0.15, 0.2) is 0 Å². The number of hydrogen-bond acceptors (Lipinski definition) is 3. The van der Waals surface area contributed by atoms with Crippen molar-refractivity contribution >= 4 is 11.9 Å². The van der Waals surface area contributed by atoms with Crippen LogP contribution in [0, 0.1) is 17.8 Å². The summed E-state index contributed by atoms with van der Waals surface area (Å²) in [5, 5.41) is 21.5. The number of aliphatic hydroxyl groups is 1. The molecule has 0 aromatic rings. The van der Waals surface area contributed by atoms with E-state index >= 15 is 0 Å². The van der Waals surface area contributed by atoms with Crippen molar-refractivity contribution in [3.8, 4) is 0 Å². The first-order chi connectivity index (χ1) is 8.91. The van der Waals surface area contributed by atoms with Gasteiger partial charge in [-0.1, -0.05) is 26.7 Å². The Kier molecular flexibility index (Phi) is 6.28. The average molecular weight is 271 g/mol. The molecule has 5 nitrogen and oxygen atoms in total. The van der Waals surface area contributed by atoms with Gasteiger partial charge in [-0.15, -0.1) is 0 Å². The van der Waals surface area contributed by atoms with E-state index in [1.165, 1.54) is 0 Å². The molecule has 3 N–H and O–H groups in total. The second-order valence-electron chi connectivity index (χ2n) is 5.86. The maximum atomic E-state index is 12.0. The highest BCUT2D eigenvalue weighted by molar-refractivity contribution is 5.84. The van der Waals surface area contributed by atoms with Gasteiger partial charge in [-0.3, -0.25) is 9.59 Å². The van der Waals surface area contributed by atoms with Crippen LogP contribution < -0.4 is 5.32 Å². The molecular formula is C14H25NO4. The molecule has 1 saturated carbocycles. The monoisotopic (exact) mass is 271 g/mol. The summed E-state index contributed by atoms with van der Waals surface area (Å²) in [6, 6.07) is 0. The topological polar surface area (TPSA) is 86.6 Å². The summed E-state index contributed by atoms with van der Waals surface area (Å²) < 4.78 is 0. The fourth-order valence-corrected chi connectivity index (χ4v) is 2.72. The Labute approximate surface area is 114 Å². The number of amides is 1. The summed E-state index contributed by atoms with van der Waals surface area (Å²) in [4.78, 5) is 23.1. The second-order valence-corrected chi connectivity index (χ2v) is 5.86. The first kappa shape index (κ1) is 16.0. The number of carboxylic acid groups (broad SMARTS) is 1. The van der Waals surface area contributed by atoms with Crippen LogP contribution in [0.5, 0.6) is 0 Å². The van der Waals surface area contributed by atoms with Gasteiger partial charge in [-0.05, 0) is 25.2 Å². The van der Waals surface area contributed by atoms with E-state index in [9.17, 15) is 14.7 Å². The van der Waals surface area contributed by atoms with E-state index in [1.807, 2.05) is 13.8 Å². The minimum atomic E-state index is -0.887. The van der Waals surface area contributed by atoms with Crippen molar-refractivity contribution in [3.63, 3.8) is 0 Å². The fraction of sp³-hybridized carbons (Fsp3) is 0.857. The number of carbonyl (C=O) groups excluding carboxylic acids is 1. The van der Waals surface area contributed by atoms with E-state index in [0.717, 1.165) is 12.8 Å². The number of aliphatic carboxylic acids is 1. The molecule has 0 bridgehead atoms. The number of carboxylic acids is 1. The average Bonchev–Trinajstić information content (AvgIpc) is 2.35. The van der Waals surface area contributed by atoms with Crippen LogP contribution in [-0.2, 0) is 9.59 Å². The van der Waals surface area contributed by atoms with E-state index in [-0.39, 0.29) is 12.5 Å². The standard InChI is InChI=1S/C14H25NO4/c1-9(2)7-10(16)8-15-13(17)11-5-3-4-6-12(11)14(18)19/h9-12,16H,3-8H2,1-2H3,(H,15,17)(H,18,19). The molecule has 0 heterocycles. The Balaban J connectivity index is 2.44. The van der Waals surface area contributed by atoms with Gasteiger partial charge in [0, 0.05) is 6.54 Å². The molecule has 1 aliphatic rings. The third-order valence-corrected chi connectivity index (χ3v) is 3.68. The van der Waals surface area contributed by atoms with Crippen molar-refractivity contribution in [2.45, 2.75) is 52.1 Å². The Morgan fingerprint density at radius 2 is 1.79 bits per heavy atom. The van der Waals surface area contributed by atoms with Crippen LogP contribution in [0.15, 0.2) is 0 Å². The summed E-state index contributed by atoms with van der Waals surface area (Å²) in [6.07, 6.45) is 3.04. The van der Waals surface area contributed by atoms with Crippen LogP contribution >= 0.6 is 0 Å². The quantitative estimate of drug-likeness (QED) is 0.681. The summed E-state index contributed by atoms with van der Waals surface area (Å²) in [5.74, 6) is -1.76. The number of aliphatic hydroxyl groups excluding tert-OH is 1. The molecule has 1 aliphatic carbocycles. The van der Waals surface area contributed by atoms with E-state index < -0.39 is 23.9 Å². The van der Waals surface area contributed by atoms with Crippen LogP contribution in [0.25, 0.3) is 0 Å². The molecule has 0 spiro atoms. The van der Waals surface area contributed by atoms with Gasteiger partial charge in [0.1, 0.15) is 0 Å². The SMILES string of the molecule is CC(C)CC(O)CNC(=O)C1CCCCC1C(=O)O. The second kappa shape index (κ2) is 7.48. The maximum Gasteiger partial charge on any atom is 0.307 e. The molecule has 19 heavy (non-hydrogen) atoms. The first-order valence-electron chi connectivity index (χ1n) is 7.10. The van der Waals surface area contributed by atoms with E-state index in [4.69, 9.17) is 5.11 Å². The molecule has 3 atom stereocenters. The van der Waals surface area contributed by atoms with Gasteiger partial charge >= 0.3 is 5.97 Å². The minimum absolute atomic E-state index is 0.208.